The molecule has 4 aliphatic heterocycles. The van der Waals surface area contributed by atoms with Gasteiger partial charge < -0.3 is 24.0 Å². The highest BCUT2D eigenvalue weighted by Crippen LogP contribution is 2.53. The van der Waals surface area contributed by atoms with Crippen molar-refractivity contribution in [2.24, 2.45) is 17.8 Å². The monoisotopic (exact) mass is 466 g/mol. The number of ether oxygens (including phenoxy) is 3. The summed E-state index contributed by atoms with van der Waals surface area (Å²) < 4.78 is 17.3. The quantitative estimate of drug-likeness (QED) is 0.624. The Balaban J connectivity index is 1.25. The third kappa shape index (κ3) is 3.27. The number of carbonyl (C=O) groups is 2. The lowest BCUT2D eigenvalue weighted by molar-refractivity contribution is -0.148. The van der Waals surface area contributed by atoms with Crippen LogP contribution in [0, 0.1) is 17.8 Å². The molecule has 0 radical (unpaired) electrons. The number of benzene rings is 1. The number of methoxy groups -OCH3 is 2. The number of hydrogen-bond donors (Lipinski definition) is 0. The van der Waals surface area contributed by atoms with Crippen molar-refractivity contribution < 1.29 is 23.8 Å². The van der Waals surface area contributed by atoms with Gasteiger partial charge in [0.15, 0.2) is 0 Å². The van der Waals surface area contributed by atoms with Crippen molar-refractivity contribution in [1.29, 1.82) is 0 Å². The van der Waals surface area contributed by atoms with Crippen LogP contribution in [0.5, 0.6) is 11.5 Å². The molecule has 2 bridgehead atoms. The number of rotatable bonds is 5. The van der Waals surface area contributed by atoms with E-state index in [1.165, 1.54) is 25.7 Å². The fourth-order valence-corrected chi connectivity index (χ4v) is 7.27. The summed E-state index contributed by atoms with van der Waals surface area (Å²) in [5, 5.41) is 0. The van der Waals surface area contributed by atoms with Crippen molar-refractivity contribution in [2.45, 2.75) is 62.8 Å². The number of piperidine rings is 1. The predicted molar refractivity (Wildman–Crippen MR) is 125 cm³/mol. The zero-order valence-corrected chi connectivity index (χ0v) is 20.1. The van der Waals surface area contributed by atoms with E-state index >= 15 is 0 Å². The van der Waals surface area contributed by atoms with Crippen molar-refractivity contribution in [3.05, 3.63) is 35.9 Å². The van der Waals surface area contributed by atoms with Crippen LogP contribution < -0.4 is 9.47 Å². The molecule has 6 unspecified atom stereocenters. The highest BCUT2D eigenvalue weighted by Gasteiger charge is 2.67. The van der Waals surface area contributed by atoms with Gasteiger partial charge in [-0.2, -0.15) is 0 Å². The van der Waals surface area contributed by atoms with E-state index in [1.54, 1.807) is 14.2 Å². The maximum Gasteiger partial charge on any atom is 0.230 e. The molecule has 6 rings (SSSR count). The van der Waals surface area contributed by atoms with Crippen LogP contribution in [0.25, 0.3) is 0 Å². The van der Waals surface area contributed by atoms with E-state index in [0.717, 1.165) is 24.9 Å². The minimum Gasteiger partial charge on any atom is -0.497 e. The number of fused-ring (bicyclic) bond motifs is 2. The summed E-state index contributed by atoms with van der Waals surface area (Å²) >= 11 is 0. The molecule has 7 nitrogen and oxygen atoms in total. The number of hydrogen-bond acceptors (Lipinski definition) is 5. The van der Waals surface area contributed by atoms with Crippen LogP contribution in [-0.4, -0.2) is 66.7 Å². The van der Waals surface area contributed by atoms with Crippen LogP contribution in [0.4, 0.5) is 0 Å². The Labute approximate surface area is 201 Å². The summed E-state index contributed by atoms with van der Waals surface area (Å²) in [5.74, 6) is 1.31. The molecule has 0 aromatic heterocycles. The molecule has 1 aromatic rings. The van der Waals surface area contributed by atoms with Crippen LogP contribution in [0.3, 0.4) is 0 Å². The average Bonchev–Trinajstić information content (AvgIpc) is 3.51. The third-order valence-electron chi connectivity index (χ3n) is 8.85. The topological polar surface area (TPSA) is 68.3 Å². The van der Waals surface area contributed by atoms with Gasteiger partial charge in [0.2, 0.25) is 11.8 Å². The number of likely N-dealkylation sites (tertiary alicyclic amines) is 2. The summed E-state index contributed by atoms with van der Waals surface area (Å²) in [6.07, 6.45) is 10.8. The molecule has 1 aliphatic carbocycles. The second kappa shape index (κ2) is 8.29. The highest BCUT2D eigenvalue weighted by atomic mass is 16.5. The zero-order chi connectivity index (χ0) is 23.4. The largest absolute Gasteiger partial charge is 0.497 e. The Morgan fingerprint density at radius 2 is 1.97 bits per heavy atom. The standard InChI is InChI=1S/C27H34N2O5/c1-32-19-10-9-18(22(14-19)33-2)15-28-16-27-12-11-21(34-27)23(24(27)26(28)31)25(30)29-13-5-7-17-6-3-4-8-20(17)29/h9-12,14,17,20-21,23-24H,3-8,13,15-16H2,1-2H3. The lowest BCUT2D eigenvalue weighted by Gasteiger charge is -2.45. The van der Waals surface area contributed by atoms with Gasteiger partial charge in [-0.3, -0.25) is 9.59 Å². The van der Waals surface area contributed by atoms with Crippen molar-refractivity contribution in [2.75, 3.05) is 27.3 Å². The van der Waals surface area contributed by atoms with E-state index in [0.29, 0.717) is 36.5 Å². The normalized spacial score (nSPS) is 35.9. The van der Waals surface area contributed by atoms with Crippen LogP contribution in [0.15, 0.2) is 30.4 Å². The SMILES string of the molecule is COc1ccc(CN2CC34C=CC(O3)C(C(=O)N3CCCC5CCCCC53)C4C2=O)c(OC)c1. The third-order valence-corrected chi connectivity index (χ3v) is 8.85. The lowest BCUT2D eigenvalue weighted by Crippen LogP contribution is -2.54. The number of nitrogens with zero attached hydrogens (tertiary/aromatic N) is 2. The molecule has 3 saturated heterocycles. The van der Waals surface area contributed by atoms with Gasteiger partial charge in [0.1, 0.15) is 17.1 Å². The van der Waals surface area contributed by atoms with E-state index in [1.807, 2.05) is 35.3 Å². The fourth-order valence-electron chi connectivity index (χ4n) is 7.27. The van der Waals surface area contributed by atoms with E-state index in [-0.39, 0.29) is 17.9 Å². The van der Waals surface area contributed by atoms with E-state index in [4.69, 9.17) is 14.2 Å². The molecular formula is C27H34N2O5. The van der Waals surface area contributed by atoms with Crippen molar-refractivity contribution in [1.82, 2.24) is 9.80 Å². The van der Waals surface area contributed by atoms with Crippen molar-refractivity contribution >= 4 is 11.8 Å². The van der Waals surface area contributed by atoms with E-state index in [9.17, 15) is 9.59 Å². The first-order valence-electron chi connectivity index (χ1n) is 12.7. The van der Waals surface area contributed by atoms with Gasteiger partial charge in [0.05, 0.1) is 38.7 Å². The minimum atomic E-state index is -0.691. The van der Waals surface area contributed by atoms with Gasteiger partial charge in [-0.25, -0.2) is 0 Å². The predicted octanol–water partition coefficient (Wildman–Crippen LogP) is 3.17. The Kier molecular flexibility index (Phi) is 5.36. The van der Waals surface area contributed by atoms with Crippen molar-refractivity contribution in [3.63, 3.8) is 0 Å². The van der Waals surface area contributed by atoms with Crippen LogP contribution >= 0.6 is 0 Å². The Morgan fingerprint density at radius 3 is 2.79 bits per heavy atom. The van der Waals surface area contributed by atoms with Crippen LogP contribution in [0.2, 0.25) is 0 Å². The average molecular weight is 467 g/mol. The van der Waals surface area contributed by atoms with Gasteiger partial charge in [-0.15, -0.1) is 0 Å². The van der Waals surface area contributed by atoms with Crippen molar-refractivity contribution in [3.8, 4) is 11.5 Å². The van der Waals surface area contributed by atoms with Gasteiger partial charge in [0, 0.05) is 30.8 Å². The first-order chi connectivity index (χ1) is 16.5. The molecular weight excluding hydrogens is 432 g/mol. The number of carbonyl (C=O) groups excluding carboxylic acids is 2. The zero-order valence-electron chi connectivity index (χ0n) is 20.1. The summed E-state index contributed by atoms with van der Waals surface area (Å²) in [6.45, 7) is 1.70. The Hall–Kier alpha value is -2.54. The molecule has 5 aliphatic rings. The van der Waals surface area contributed by atoms with E-state index < -0.39 is 17.4 Å². The number of amides is 2. The smallest absolute Gasteiger partial charge is 0.230 e. The molecule has 6 atom stereocenters. The first kappa shape index (κ1) is 22.0. The summed E-state index contributed by atoms with van der Waals surface area (Å²) in [7, 11) is 3.24. The second-order valence-electron chi connectivity index (χ2n) is 10.6. The summed E-state index contributed by atoms with van der Waals surface area (Å²) in [5.41, 5.74) is 0.222. The molecule has 1 saturated carbocycles. The summed E-state index contributed by atoms with van der Waals surface area (Å²) in [4.78, 5) is 31.7. The summed E-state index contributed by atoms with van der Waals surface area (Å²) in [6, 6.07) is 5.98. The van der Waals surface area contributed by atoms with Crippen LogP contribution in [0.1, 0.15) is 44.1 Å². The van der Waals surface area contributed by atoms with Gasteiger partial charge in [0.25, 0.3) is 0 Å². The molecule has 4 fully saturated rings. The Morgan fingerprint density at radius 1 is 1.15 bits per heavy atom. The minimum absolute atomic E-state index is 0.0141. The molecule has 1 aromatic carbocycles. The van der Waals surface area contributed by atoms with Gasteiger partial charge in [-0.1, -0.05) is 25.0 Å². The van der Waals surface area contributed by atoms with E-state index in [2.05, 4.69) is 4.90 Å². The van der Waals surface area contributed by atoms with Gasteiger partial charge in [-0.05, 0) is 43.7 Å². The lowest BCUT2D eigenvalue weighted by atomic mass is 9.74. The molecule has 4 heterocycles. The van der Waals surface area contributed by atoms with Crippen LogP contribution in [-0.2, 0) is 20.9 Å². The molecule has 7 heteroatoms. The molecule has 34 heavy (non-hydrogen) atoms. The highest BCUT2D eigenvalue weighted by molar-refractivity contribution is 5.93. The van der Waals surface area contributed by atoms with Gasteiger partial charge >= 0.3 is 0 Å². The second-order valence-corrected chi connectivity index (χ2v) is 10.6. The molecule has 0 N–H and O–H groups in total. The molecule has 2 amide bonds. The fraction of sp³-hybridized carbons (Fsp3) is 0.630. The molecule has 182 valence electrons. The Bertz CT molecular complexity index is 1020. The maximum atomic E-state index is 14.0. The molecule has 1 spiro atoms. The first-order valence-corrected chi connectivity index (χ1v) is 12.7. The maximum absolute atomic E-state index is 14.0.